The summed E-state index contributed by atoms with van der Waals surface area (Å²) in [5.74, 6) is 0.400. The fourth-order valence-corrected chi connectivity index (χ4v) is 7.23. The Balaban J connectivity index is 0.950. The van der Waals surface area contributed by atoms with Gasteiger partial charge in [0, 0.05) is 56.9 Å². The van der Waals surface area contributed by atoms with Gasteiger partial charge < -0.3 is 33.2 Å². The summed E-state index contributed by atoms with van der Waals surface area (Å²) in [5.41, 5.74) is 5.34. The first kappa shape index (κ1) is 43.4. The average molecular weight is 846 g/mol. The van der Waals surface area contributed by atoms with Crippen molar-refractivity contribution in [2.75, 3.05) is 61.0 Å². The van der Waals surface area contributed by atoms with Gasteiger partial charge in [-0.25, -0.2) is 0 Å². The Morgan fingerprint density at radius 2 is 1.05 bits per heavy atom. The third kappa shape index (κ3) is 10.2. The molecule has 6 aromatic rings. The second-order valence-corrected chi connectivity index (χ2v) is 14.4. The van der Waals surface area contributed by atoms with E-state index in [0.29, 0.717) is 69.1 Å². The van der Waals surface area contributed by atoms with Crippen molar-refractivity contribution in [3.05, 3.63) is 129 Å². The highest BCUT2D eigenvalue weighted by atomic mass is 35.5. The van der Waals surface area contributed by atoms with Gasteiger partial charge >= 0.3 is 5.97 Å². The summed E-state index contributed by atoms with van der Waals surface area (Å²) >= 11 is 12.1. The minimum atomic E-state index is -0.606. The predicted molar refractivity (Wildman–Crippen MR) is 226 cm³/mol. The van der Waals surface area contributed by atoms with Crippen LogP contribution in [0.3, 0.4) is 0 Å². The number of rotatable bonds is 19. The molecule has 0 radical (unpaired) electrons. The Labute approximate surface area is 352 Å². The van der Waals surface area contributed by atoms with Gasteiger partial charge in [-0.15, -0.1) is 0 Å². The molecule has 4 aromatic carbocycles. The molecule has 0 amide bonds. The van der Waals surface area contributed by atoms with E-state index in [4.69, 9.17) is 56.4 Å². The number of hydrogen-bond donors (Lipinski definition) is 0. The van der Waals surface area contributed by atoms with Crippen molar-refractivity contribution in [3.63, 3.8) is 0 Å². The Morgan fingerprint density at radius 3 is 1.54 bits per heavy atom. The van der Waals surface area contributed by atoms with E-state index in [1.165, 1.54) is 0 Å². The number of carbonyl (C=O) groups is 3. The van der Waals surface area contributed by atoms with E-state index in [-0.39, 0.29) is 44.7 Å². The zero-order valence-corrected chi connectivity index (χ0v) is 35.1. The van der Waals surface area contributed by atoms with Crippen LogP contribution in [0.4, 0.5) is 0 Å². The molecule has 0 spiro atoms. The van der Waals surface area contributed by atoms with Gasteiger partial charge in [0.05, 0.1) is 64.7 Å². The molecule has 14 heteroatoms. The average Bonchev–Trinajstić information content (AvgIpc) is 3.67. The predicted octanol–water partition coefficient (Wildman–Crippen LogP) is 8.26. The molecular formula is C45H46Cl2N2O10. The van der Waals surface area contributed by atoms with Crippen LogP contribution in [0.5, 0.6) is 11.5 Å². The lowest BCUT2D eigenvalue weighted by Gasteiger charge is -2.17. The summed E-state index contributed by atoms with van der Waals surface area (Å²) in [5, 5.41) is 2.66. The quantitative estimate of drug-likeness (QED) is 0.0447. The minimum Gasteiger partial charge on any atom is -0.497 e. The first-order valence-corrected chi connectivity index (χ1v) is 19.7. The topological polar surface area (TPSA) is 126 Å². The number of ether oxygens (including phenoxy) is 7. The lowest BCUT2D eigenvalue weighted by Crippen LogP contribution is -2.22. The second kappa shape index (κ2) is 20.2. The molecule has 0 aliphatic heterocycles. The zero-order valence-electron chi connectivity index (χ0n) is 33.5. The van der Waals surface area contributed by atoms with Crippen LogP contribution < -0.4 is 9.47 Å². The van der Waals surface area contributed by atoms with Gasteiger partial charge in [0.25, 0.3) is 11.8 Å². The van der Waals surface area contributed by atoms with Gasteiger partial charge in [0.15, 0.2) is 6.29 Å². The zero-order chi connectivity index (χ0) is 42.1. The summed E-state index contributed by atoms with van der Waals surface area (Å²) in [6.45, 7) is 5.07. The molecule has 0 bridgehead atoms. The third-order valence-corrected chi connectivity index (χ3v) is 10.5. The molecule has 1 atom stereocenters. The molecule has 0 fully saturated rings. The highest BCUT2D eigenvalue weighted by Gasteiger charge is 2.24. The van der Waals surface area contributed by atoms with E-state index >= 15 is 0 Å². The largest absolute Gasteiger partial charge is 0.497 e. The fraction of sp³-hybridized carbons (Fsp3) is 0.311. The molecule has 12 nitrogen and oxygen atoms in total. The molecule has 6 rings (SSSR count). The molecule has 0 N–H and O–H groups in total. The summed E-state index contributed by atoms with van der Waals surface area (Å²) in [6, 6.07) is 24.5. The number of methoxy groups -OCH3 is 3. The van der Waals surface area contributed by atoms with Crippen LogP contribution in [0.25, 0.3) is 21.8 Å². The summed E-state index contributed by atoms with van der Waals surface area (Å²) in [7, 11) is 4.73. The molecule has 1 unspecified atom stereocenters. The highest BCUT2D eigenvalue weighted by molar-refractivity contribution is 6.31. The van der Waals surface area contributed by atoms with Gasteiger partial charge in [-0.1, -0.05) is 23.2 Å². The van der Waals surface area contributed by atoms with Crippen LogP contribution in [0.1, 0.15) is 43.2 Å². The Morgan fingerprint density at radius 1 is 0.593 bits per heavy atom. The van der Waals surface area contributed by atoms with Crippen LogP contribution in [-0.4, -0.2) is 94.2 Å². The normalized spacial score (nSPS) is 11.9. The molecule has 0 aliphatic rings. The lowest BCUT2D eigenvalue weighted by atomic mass is 10.1. The van der Waals surface area contributed by atoms with Crippen molar-refractivity contribution in [1.82, 2.24) is 9.13 Å². The Bertz CT molecular complexity index is 2420. The maximum atomic E-state index is 13.7. The van der Waals surface area contributed by atoms with E-state index in [1.54, 1.807) is 98.1 Å². The van der Waals surface area contributed by atoms with Crippen LogP contribution in [0.2, 0.25) is 10.0 Å². The number of benzene rings is 4. The van der Waals surface area contributed by atoms with Crippen LogP contribution >= 0.6 is 23.2 Å². The SMILES string of the molecule is COc1ccc2c(c1)c(CC(=O)OCCOCCOCCOC(Cc1c(C)n(C(=O)c3ccc(Cl)cc3)c3ccc(OC)cc13)OC)c(C)n2C(=O)c1ccc(Cl)cc1. The number of hydrogen-bond acceptors (Lipinski definition) is 10. The maximum Gasteiger partial charge on any atom is 0.310 e. The van der Waals surface area contributed by atoms with Crippen molar-refractivity contribution in [2.24, 2.45) is 0 Å². The van der Waals surface area contributed by atoms with Gasteiger partial charge in [0.2, 0.25) is 0 Å². The summed E-state index contributed by atoms with van der Waals surface area (Å²) in [4.78, 5) is 40.2. The number of esters is 1. The number of carbonyl (C=O) groups excluding carboxylic acids is 3. The molecule has 2 aromatic heterocycles. The van der Waals surface area contributed by atoms with Crippen molar-refractivity contribution in [1.29, 1.82) is 0 Å². The smallest absolute Gasteiger partial charge is 0.310 e. The number of nitrogens with zero attached hydrogens (tertiary/aromatic N) is 2. The molecule has 0 saturated carbocycles. The number of fused-ring (bicyclic) bond motifs is 2. The van der Waals surface area contributed by atoms with Crippen molar-refractivity contribution < 1.29 is 47.5 Å². The minimum absolute atomic E-state index is 0.0423. The third-order valence-electron chi connectivity index (χ3n) is 10.0. The van der Waals surface area contributed by atoms with Crippen LogP contribution in [0.15, 0.2) is 84.9 Å². The standard InChI is InChI=1S/C45H46Cl2N2O10/c1-28-36(38-24-34(53-3)14-16-40(38)48(28)44(51)30-6-10-32(46)11-7-30)26-42(50)58-22-20-56-18-19-57-21-23-59-43(55-5)27-37-29(2)49(41-17-15-35(54-4)25-39(37)41)45(52)31-8-12-33(47)13-9-31/h6-17,24-25,43H,18-23,26-27H2,1-5H3. The number of halogens is 2. The summed E-state index contributed by atoms with van der Waals surface area (Å²) < 4.78 is 42.7. The first-order chi connectivity index (χ1) is 28.5. The maximum absolute atomic E-state index is 13.7. The van der Waals surface area contributed by atoms with Gasteiger partial charge in [-0.2, -0.15) is 0 Å². The lowest BCUT2D eigenvalue weighted by molar-refractivity contribution is -0.144. The van der Waals surface area contributed by atoms with E-state index in [0.717, 1.165) is 27.5 Å². The van der Waals surface area contributed by atoms with Gasteiger partial charge in [-0.05, 0) is 110 Å². The van der Waals surface area contributed by atoms with E-state index in [1.807, 2.05) is 31.2 Å². The van der Waals surface area contributed by atoms with E-state index in [2.05, 4.69) is 0 Å². The van der Waals surface area contributed by atoms with E-state index in [9.17, 15) is 14.4 Å². The molecule has 2 heterocycles. The molecular weight excluding hydrogens is 799 g/mol. The molecule has 310 valence electrons. The molecule has 0 aliphatic carbocycles. The van der Waals surface area contributed by atoms with Crippen molar-refractivity contribution in [2.45, 2.75) is 33.0 Å². The van der Waals surface area contributed by atoms with E-state index < -0.39 is 12.3 Å². The molecule has 0 saturated heterocycles. The number of aromatic nitrogens is 2. The highest BCUT2D eigenvalue weighted by Crippen LogP contribution is 2.33. The second-order valence-electron chi connectivity index (χ2n) is 13.6. The first-order valence-electron chi connectivity index (χ1n) is 19.0. The Kier molecular flexibility index (Phi) is 14.8. The van der Waals surface area contributed by atoms with Gasteiger partial charge in [0.1, 0.15) is 18.1 Å². The van der Waals surface area contributed by atoms with Crippen LogP contribution in [0, 0.1) is 13.8 Å². The fourth-order valence-electron chi connectivity index (χ4n) is 6.97. The summed E-state index contributed by atoms with van der Waals surface area (Å²) in [6.07, 6.45) is -0.267. The van der Waals surface area contributed by atoms with Crippen molar-refractivity contribution in [3.8, 4) is 11.5 Å². The van der Waals surface area contributed by atoms with Crippen LogP contribution in [-0.2, 0) is 41.3 Å². The Hall–Kier alpha value is -5.21. The monoisotopic (exact) mass is 844 g/mol. The van der Waals surface area contributed by atoms with Gasteiger partial charge in [-0.3, -0.25) is 23.5 Å². The van der Waals surface area contributed by atoms with Crippen molar-refractivity contribution >= 4 is 62.8 Å². The molecule has 59 heavy (non-hydrogen) atoms.